The van der Waals surface area contributed by atoms with Crippen LogP contribution in [-0.4, -0.2) is 49.8 Å². The minimum absolute atomic E-state index is 0.0926. The summed E-state index contributed by atoms with van der Waals surface area (Å²) in [5.74, 6) is 0. The number of hydrogen-bond acceptors (Lipinski definition) is 4. The molecule has 1 N–H and O–H groups in total. The number of aliphatic hydroxyl groups is 1. The lowest BCUT2D eigenvalue weighted by Gasteiger charge is -2.42. The van der Waals surface area contributed by atoms with Crippen molar-refractivity contribution in [2.24, 2.45) is 0 Å². The largest absolute Gasteiger partial charge is 0.390 e. The smallest absolute Gasteiger partial charge is 0.110 e. The van der Waals surface area contributed by atoms with E-state index < -0.39 is 0 Å². The van der Waals surface area contributed by atoms with Crippen molar-refractivity contribution in [3.05, 3.63) is 0 Å². The van der Waals surface area contributed by atoms with Gasteiger partial charge in [-0.1, -0.05) is 12.8 Å². The first-order chi connectivity index (χ1) is 7.81. The van der Waals surface area contributed by atoms with Crippen molar-refractivity contribution >= 4 is 0 Å². The summed E-state index contributed by atoms with van der Waals surface area (Å²) in [6.45, 7) is 1.10. The molecule has 0 aromatic rings. The van der Waals surface area contributed by atoms with Crippen molar-refractivity contribution in [1.29, 1.82) is 0 Å². The standard InChI is InChI=1S/C12H22O4/c1-14-6-7-15-12-10(13)8-11(12)16-9-4-2-3-5-9/h9-13H,2-8H2,1H3. The fourth-order valence-corrected chi connectivity index (χ4v) is 2.45. The van der Waals surface area contributed by atoms with Crippen LogP contribution in [0.25, 0.3) is 0 Å². The van der Waals surface area contributed by atoms with Crippen molar-refractivity contribution in [2.75, 3.05) is 20.3 Å². The van der Waals surface area contributed by atoms with Gasteiger partial charge in [0.05, 0.1) is 31.5 Å². The van der Waals surface area contributed by atoms with Crippen LogP contribution in [0.5, 0.6) is 0 Å². The average molecular weight is 230 g/mol. The Kier molecular flexibility index (Phi) is 4.58. The normalized spacial score (nSPS) is 35.2. The average Bonchev–Trinajstić information content (AvgIpc) is 2.76. The Morgan fingerprint density at radius 2 is 1.94 bits per heavy atom. The van der Waals surface area contributed by atoms with Gasteiger partial charge in [-0.15, -0.1) is 0 Å². The van der Waals surface area contributed by atoms with Gasteiger partial charge in [-0.05, 0) is 12.8 Å². The quantitative estimate of drug-likeness (QED) is 0.694. The first-order valence-electron chi connectivity index (χ1n) is 6.25. The Labute approximate surface area is 96.9 Å². The Morgan fingerprint density at radius 3 is 2.56 bits per heavy atom. The van der Waals surface area contributed by atoms with Gasteiger partial charge in [0.25, 0.3) is 0 Å². The lowest BCUT2D eigenvalue weighted by Crippen LogP contribution is -2.54. The zero-order valence-electron chi connectivity index (χ0n) is 9.93. The molecule has 0 aliphatic heterocycles. The topological polar surface area (TPSA) is 47.9 Å². The van der Waals surface area contributed by atoms with E-state index in [1.165, 1.54) is 12.8 Å². The molecular weight excluding hydrogens is 208 g/mol. The van der Waals surface area contributed by atoms with Gasteiger partial charge in [-0.2, -0.15) is 0 Å². The summed E-state index contributed by atoms with van der Waals surface area (Å²) in [7, 11) is 1.65. The second-order valence-corrected chi connectivity index (χ2v) is 4.71. The highest BCUT2D eigenvalue weighted by Crippen LogP contribution is 2.32. The zero-order valence-corrected chi connectivity index (χ0v) is 9.93. The molecule has 16 heavy (non-hydrogen) atoms. The van der Waals surface area contributed by atoms with Crippen LogP contribution in [-0.2, 0) is 14.2 Å². The number of methoxy groups -OCH3 is 1. The molecule has 4 nitrogen and oxygen atoms in total. The van der Waals surface area contributed by atoms with Gasteiger partial charge in [0.2, 0.25) is 0 Å². The van der Waals surface area contributed by atoms with Crippen molar-refractivity contribution in [3.8, 4) is 0 Å². The molecule has 2 aliphatic carbocycles. The van der Waals surface area contributed by atoms with E-state index in [0.29, 0.717) is 25.7 Å². The van der Waals surface area contributed by atoms with Crippen molar-refractivity contribution in [2.45, 2.75) is 56.5 Å². The molecule has 3 atom stereocenters. The van der Waals surface area contributed by atoms with Crippen LogP contribution in [0.1, 0.15) is 32.1 Å². The van der Waals surface area contributed by atoms with E-state index in [0.717, 1.165) is 12.8 Å². The van der Waals surface area contributed by atoms with Crippen LogP contribution in [0, 0.1) is 0 Å². The molecule has 0 amide bonds. The van der Waals surface area contributed by atoms with E-state index in [9.17, 15) is 5.11 Å². The third kappa shape index (κ3) is 2.94. The van der Waals surface area contributed by atoms with Crippen LogP contribution in [0.15, 0.2) is 0 Å². The molecule has 0 spiro atoms. The van der Waals surface area contributed by atoms with Crippen LogP contribution in [0.4, 0.5) is 0 Å². The van der Waals surface area contributed by atoms with Crippen molar-refractivity contribution < 1.29 is 19.3 Å². The third-order valence-corrected chi connectivity index (χ3v) is 3.49. The Bertz CT molecular complexity index is 203. The molecule has 0 saturated heterocycles. The summed E-state index contributed by atoms with van der Waals surface area (Å²) in [5, 5.41) is 9.61. The second-order valence-electron chi connectivity index (χ2n) is 4.71. The van der Waals surface area contributed by atoms with Gasteiger partial charge < -0.3 is 19.3 Å². The molecule has 0 bridgehead atoms. The third-order valence-electron chi connectivity index (χ3n) is 3.49. The summed E-state index contributed by atoms with van der Waals surface area (Å²) in [6.07, 6.45) is 5.58. The van der Waals surface area contributed by atoms with Gasteiger partial charge in [0.1, 0.15) is 6.10 Å². The van der Waals surface area contributed by atoms with E-state index in [-0.39, 0.29) is 18.3 Å². The van der Waals surface area contributed by atoms with E-state index >= 15 is 0 Å². The zero-order chi connectivity index (χ0) is 11.4. The molecule has 0 aromatic carbocycles. The number of rotatable bonds is 6. The Hall–Kier alpha value is -0.160. The SMILES string of the molecule is COCCOC1C(O)CC1OC1CCCC1. The lowest BCUT2D eigenvalue weighted by molar-refractivity contribution is -0.209. The second kappa shape index (κ2) is 5.96. The van der Waals surface area contributed by atoms with Gasteiger partial charge in [-0.25, -0.2) is 0 Å². The fourth-order valence-electron chi connectivity index (χ4n) is 2.45. The maximum Gasteiger partial charge on any atom is 0.110 e. The van der Waals surface area contributed by atoms with Gasteiger partial charge in [0, 0.05) is 13.5 Å². The van der Waals surface area contributed by atoms with Gasteiger partial charge in [0.15, 0.2) is 0 Å². The van der Waals surface area contributed by atoms with E-state index in [2.05, 4.69) is 0 Å². The lowest BCUT2D eigenvalue weighted by atomic mass is 9.88. The van der Waals surface area contributed by atoms with Crippen LogP contribution >= 0.6 is 0 Å². The summed E-state index contributed by atoms with van der Waals surface area (Å²) in [5.41, 5.74) is 0. The monoisotopic (exact) mass is 230 g/mol. The minimum Gasteiger partial charge on any atom is -0.390 e. The molecule has 4 heteroatoms. The molecule has 0 heterocycles. The molecule has 0 radical (unpaired) electrons. The number of hydrogen-bond donors (Lipinski definition) is 1. The van der Waals surface area contributed by atoms with Crippen molar-refractivity contribution in [3.63, 3.8) is 0 Å². The van der Waals surface area contributed by atoms with Crippen LogP contribution < -0.4 is 0 Å². The fraction of sp³-hybridized carbons (Fsp3) is 1.00. The van der Waals surface area contributed by atoms with Crippen molar-refractivity contribution in [1.82, 2.24) is 0 Å². The van der Waals surface area contributed by atoms with Crippen LogP contribution in [0.2, 0.25) is 0 Å². The maximum absolute atomic E-state index is 9.61. The summed E-state index contributed by atoms with van der Waals surface area (Å²) in [4.78, 5) is 0. The summed E-state index contributed by atoms with van der Waals surface area (Å²) >= 11 is 0. The first kappa shape index (κ1) is 12.3. The van der Waals surface area contributed by atoms with Gasteiger partial charge >= 0.3 is 0 Å². The highest BCUT2D eigenvalue weighted by atomic mass is 16.6. The predicted octanol–water partition coefficient (Wildman–Crippen LogP) is 1.11. The van der Waals surface area contributed by atoms with E-state index in [4.69, 9.17) is 14.2 Å². The summed E-state index contributed by atoms with van der Waals surface area (Å²) < 4.78 is 16.4. The highest BCUT2D eigenvalue weighted by molar-refractivity contribution is 4.93. The first-order valence-corrected chi connectivity index (χ1v) is 6.25. The Balaban J connectivity index is 1.68. The molecule has 94 valence electrons. The van der Waals surface area contributed by atoms with E-state index in [1.54, 1.807) is 7.11 Å². The Morgan fingerprint density at radius 1 is 1.19 bits per heavy atom. The molecule has 2 rings (SSSR count). The predicted molar refractivity (Wildman–Crippen MR) is 59.4 cm³/mol. The molecule has 2 aliphatic rings. The molecule has 3 unspecified atom stereocenters. The van der Waals surface area contributed by atoms with Crippen LogP contribution in [0.3, 0.4) is 0 Å². The molecule has 2 saturated carbocycles. The van der Waals surface area contributed by atoms with E-state index in [1.807, 2.05) is 0 Å². The van der Waals surface area contributed by atoms with Gasteiger partial charge in [-0.3, -0.25) is 0 Å². The maximum atomic E-state index is 9.61. The molecular formula is C12H22O4. The molecule has 0 aromatic heterocycles. The minimum atomic E-state index is -0.358. The summed E-state index contributed by atoms with van der Waals surface area (Å²) in [6, 6.07) is 0. The number of ether oxygens (including phenoxy) is 3. The highest BCUT2D eigenvalue weighted by Gasteiger charge is 2.43. The number of aliphatic hydroxyl groups excluding tert-OH is 1. The molecule has 2 fully saturated rings.